The number of nitrogens with zero attached hydrogens (tertiary/aromatic N) is 2. The van der Waals surface area contributed by atoms with Gasteiger partial charge in [-0.25, -0.2) is 14.4 Å². The van der Waals surface area contributed by atoms with Crippen LogP contribution in [-0.4, -0.2) is 35.1 Å². The number of aryl methyl sites for hydroxylation is 3. The third-order valence-electron chi connectivity index (χ3n) is 7.68. The summed E-state index contributed by atoms with van der Waals surface area (Å²) in [5.74, 6) is 1.73. The van der Waals surface area contributed by atoms with Crippen LogP contribution in [0.3, 0.4) is 0 Å². The molecule has 0 amide bonds. The van der Waals surface area contributed by atoms with Crippen LogP contribution in [0.2, 0.25) is 0 Å². The second kappa shape index (κ2) is 10.5. The Labute approximate surface area is 233 Å². The highest BCUT2D eigenvalue weighted by Crippen LogP contribution is 2.45. The molecule has 0 fully saturated rings. The van der Waals surface area contributed by atoms with Gasteiger partial charge in [0.15, 0.2) is 12.1 Å². The van der Waals surface area contributed by atoms with Gasteiger partial charge in [0.25, 0.3) is 0 Å². The molecular formula is C33H31FN2O4. The first kappa shape index (κ1) is 26.2. The van der Waals surface area contributed by atoms with E-state index in [0.29, 0.717) is 35.9 Å². The largest absolute Gasteiger partial charge is 0.488 e. The maximum Gasteiger partial charge on any atom is 0.174 e. The van der Waals surface area contributed by atoms with E-state index in [1.807, 2.05) is 37.3 Å². The van der Waals surface area contributed by atoms with Crippen LogP contribution in [0.1, 0.15) is 46.0 Å². The number of fused-ring (bicyclic) bond motifs is 2. The van der Waals surface area contributed by atoms with Gasteiger partial charge in [-0.05, 0) is 104 Å². The van der Waals surface area contributed by atoms with Gasteiger partial charge in [-0.3, -0.25) is 0 Å². The molecule has 2 aliphatic rings. The Morgan fingerprint density at radius 2 is 1.82 bits per heavy atom. The van der Waals surface area contributed by atoms with E-state index < -0.39 is 12.4 Å². The summed E-state index contributed by atoms with van der Waals surface area (Å²) in [7, 11) is 1.44. The number of hydrogen-bond donors (Lipinski definition) is 1. The van der Waals surface area contributed by atoms with Crippen LogP contribution >= 0.6 is 0 Å². The summed E-state index contributed by atoms with van der Waals surface area (Å²) in [5.41, 5.74) is 9.57. The highest BCUT2D eigenvalue weighted by atomic mass is 19.1. The van der Waals surface area contributed by atoms with E-state index in [9.17, 15) is 5.11 Å². The van der Waals surface area contributed by atoms with Crippen molar-refractivity contribution in [1.82, 2.24) is 9.97 Å². The van der Waals surface area contributed by atoms with E-state index >= 15 is 4.39 Å². The minimum Gasteiger partial charge on any atom is -0.488 e. The maximum atomic E-state index is 15.3. The van der Waals surface area contributed by atoms with E-state index in [4.69, 9.17) is 14.2 Å². The molecule has 7 heteroatoms. The van der Waals surface area contributed by atoms with Crippen LogP contribution in [0.4, 0.5) is 4.39 Å². The molecule has 40 heavy (non-hydrogen) atoms. The highest BCUT2D eigenvalue weighted by Gasteiger charge is 2.31. The van der Waals surface area contributed by atoms with E-state index in [0.717, 1.165) is 56.6 Å². The molecule has 2 atom stereocenters. The molecule has 2 heterocycles. The Balaban J connectivity index is 1.31. The second-order valence-corrected chi connectivity index (χ2v) is 10.4. The van der Waals surface area contributed by atoms with E-state index in [2.05, 4.69) is 35.9 Å². The molecule has 6 nitrogen and oxygen atoms in total. The lowest BCUT2D eigenvalue weighted by Gasteiger charge is -2.19. The zero-order chi connectivity index (χ0) is 28.0. The van der Waals surface area contributed by atoms with Gasteiger partial charge in [-0.15, -0.1) is 0 Å². The Kier molecular flexibility index (Phi) is 6.86. The van der Waals surface area contributed by atoms with Crippen LogP contribution in [0, 0.1) is 26.6 Å². The average molecular weight is 539 g/mol. The first-order chi connectivity index (χ1) is 19.3. The van der Waals surface area contributed by atoms with Crippen LogP contribution in [0.5, 0.6) is 11.5 Å². The molecule has 1 aliphatic heterocycles. The fourth-order valence-electron chi connectivity index (χ4n) is 5.87. The third kappa shape index (κ3) is 4.76. The molecule has 1 aromatic heterocycles. The SMILES string of the molecule is COC(O)C=C1COc2cc(OC3CCc4c(-c5c(C)cc(-c6nccc(C)n6)cc5C)ccc(F)c43)ccc21. The van der Waals surface area contributed by atoms with Gasteiger partial charge in [0.1, 0.15) is 30.0 Å². The first-order valence-electron chi connectivity index (χ1n) is 13.4. The Morgan fingerprint density at radius 1 is 1.05 bits per heavy atom. The smallest absolute Gasteiger partial charge is 0.174 e. The lowest BCUT2D eigenvalue weighted by atomic mass is 9.89. The predicted octanol–water partition coefficient (Wildman–Crippen LogP) is 6.68. The molecule has 0 bridgehead atoms. The van der Waals surface area contributed by atoms with Crippen molar-refractivity contribution in [3.63, 3.8) is 0 Å². The summed E-state index contributed by atoms with van der Waals surface area (Å²) in [6, 6.07) is 15.1. The van der Waals surface area contributed by atoms with Crippen LogP contribution in [0.15, 0.2) is 60.8 Å². The molecule has 204 valence electrons. The number of aliphatic hydroxyl groups is 1. The van der Waals surface area contributed by atoms with Crippen molar-refractivity contribution in [2.24, 2.45) is 0 Å². The fraction of sp³-hybridized carbons (Fsp3) is 0.273. The lowest BCUT2D eigenvalue weighted by molar-refractivity contribution is -0.0353. The fourth-order valence-corrected chi connectivity index (χ4v) is 5.87. The Hall–Kier alpha value is -4.07. The average Bonchev–Trinajstić information content (AvgIpc) is 3.54. The Morgan fingerprint density at radius 3 is 2.58 bits per heavy atom. The number of methoxy groups -OCH3 is 1. The molecule has 0 spiro atoms. The molecule has 0 saturated carbocycles. The predicted molar refractivity (Wildman–Crippen MR) is 152 cm³/mol. The minimum absolute atomic E-state index is 0.252. The van der Waals surface area contributed by atoms with Crippen molar-refractivity contribution < 1.29 is 23.7 Å². The summed E-state index contributed by atoms with van der Waals surface area (Å²) < 4.78 is 32.4. The topological polar surface area (TPSA) is 73.7 Å². The molecule has 6 rings (SSSR count). The van der Waals surface area contributed by atoms with Gasteiger partial charge in [0, 0.05) is 47.3 Å². The van der Waals surface area contributed by atoms with Gasteiger partial charge in [0.2, 0.25) is 0 Å². The van der Waals surface area contributed by atoms with E-state index in [-0.39, 0.29) is 5.82 Å². The number of halogens is 1. The zero-order valence-electron chi connectivity index (χ0n) is 23.0. The summed E-state index contributed by atoms with van der Waals surface area (Å²) in [6.45, 7) is 6.47. The highest BCUT2D eigenvalue weighted by molar-refractivity contribution is 5.79. The molecule has 2 unspecified atom stereocenters. The van der Waals surface area contributed by atoms with Gasteiger partial charge in [-0.1, -0.05) is 6.07 Å². The van der Waals surface area contributed by atoms with Crippen molar-refractivity contribution in [3.8, 4) is 34.0 Å². The molecule has 0 saturated heterocycles. The van der Waals surface area contributed by atoms with Crippen molar-refractivity contribution in [1.29, 1.82) is 0 Å². The number of benzene rings is 3. The van der Waals surface area contributed by atoms with Gasteiger partial charge < -0.3 is 19.3 Å². The molecular weight excluding hydrogens is 507 g/mol. The van der Waals surface area contributed by atoms with Crippen molar-refractivity contribution >= 4 is 5.57 Å². The van der Waals surface area contributed by atoms with E-state index in [1.54, 1.807) is 18.3 Å². The summed E-state index contributed by atoms with van der Waals surface area (Å²) >= 11 is 0. The number of ether oxygens (including phenoxy) is 3. The third-order valence-corrected chi connectivity index (χ3v) is 7.68. The summed E-state index contributed by atoms with van der Waals surface area (Å²) in [4.78, 5) is 9.03. The monoisotopic (exact) mass is 538 g/mol. The van der Waals surface area contributed by atoms with Gasteiger partial charge in [-0.2, -0.15) is 0 Å². The molecule has 3 aromatic carbocycles. The molecule has 0 radical (unpaired) electrons. The van der Waals surface area contributed by atoms with Gasteiger partial charge in [0.05, 0.1) is 0 Å². The van der Waals surface area contributed by atoms with Crippen molar-refractivity contribution in [2.75, 3.05) is 13.7 Å². The molecule has 1 aliphatic carbocycles. The van der Waals surface area contributed by atoms with Gasteiger partial charge >= 0.3 is 0 Å². The summed E-state index contributed by atoms with van der Waals surface area (Å²) in [6.07, 6.45) is 3.41. The van der Waals surface area contributed by atoms with Crippen LogP contribution < -0.4 is 9.47 Å². The standard InChI is InChI=1S/C33H31FN2O4/c1-18-13-21(33-35-12-11-20(3)36-33)14-19(2)31(18)25-7-9-27(34)32-26(25)8-10-28(32)40-23-5-6-24-22(15-30(37)38-4)17-39-29(24)16-23/h5-7,9,11-16,28,30,37H,8,10,17H2,1-4H3. The van der Waals surface area contributed by atoms with Crippen molar-refractivity contribution in [2.45, 2.75) is 46.0 Å². The van der Waals surface area contributed by atoms with Crippen LogP contribution in [-0.2, 0) is 11.2 Å². The number of rotatable bonds is 6. The lowest BCUT2D eigenvalue weighted by Crippen LogP contribution is -2.06. The first-order valence-corrected chi connectivity index (χ1v) is 13.4. The summed E-state index contributed by atoms with van der Waals surface area (Å²) in [5, 5.41) is 9.80. The quantitative estimate of drug-likeness (QED) is 0.276. The maximum absolute atomic E-state index is 15.3. The second-order valence-electron chi connectivity index (χ2n) is 10.4. The van der Waals surface area contributed by atoms with E-state index in [1.165, 1.54) is 7.11 Å². The molecule has 4 aromatic rings. The number of aliphatic hydroxyl groups excluding tert-OH is 1. The number of aromatic nitrogens is 2. The zero-order valence-corrected chi connectivity index (χ0v) is 23.0. The number of hydrogen-bond acceptors (Lipinski definition) is 6. The van der Waals surface area contributed by atoms with Crippen molar-refractivity contribution in [3.05, 3.63) is 100 Å². The molecule has 1 N–H and O–H groups in total. The van der Waals surface area contributed by atoms with Crippen LogP contribution in [0.25, 0.3) is 28.1 Å². The normalized spacial score (nSPS) is 17.4. The Bertz CT molecular complexity index is 1630. The minimum atomic E-state index is -0.994.